The van der Waals surface area contributed by atoms with Gasteiger partial charge in [-0.25, -0.2) is 14.0 Å². The lowest BCUT2D eigenvalue weighted by Gasteiger charge is -2.34. The Balaban J connectivity index is 0.000000451. The SMILES string of the molecule is CN1CC(c2c(F)cccc2C(=O)O)[C@H](C2CCCCC2)[C@H]1C(N)=O.O=C(O)C(F)(F)F. The number of hydrogen-bond acceptors (Lipinski definition) is 4. The molecule has 1 aromatic carbocycles. The predicted molar refractivity (Wildman–Crippen MR) is 105 cm³/mol. The summed E-state index contributed by atoms with van der Waals surface area (Å²) >= 11 is 0. The molecule has 1 saturated carbocycles. The minimum absolute atomic E-state index is 0.00988. The summed E-state index contributed by atoms with van der Waals surface area (Å²) in [6, 6.07) is 3.68. The van der Waals surface area contributed by atoms with E-state index in [2.05, 4.69) is 0 Å². The lowest BCUT2D eigenvalue weighted by atomic mass is 9.70. The zero-order valence-electron chi connectivity index (χ0n) is 17.4. The van der Waals surface area contributed by atoms with Crippen LogP contribution >= 0.6 is 0 Å². The van der Waals surface area contributed by atoms with Gasteiger partial charge in [0.05, 0.1) is 11.6 Å². The number of primary amides is 1. The number of alkyl halides is 3. The first-order valence-corrected chi connectivity index (χ1v) is 10.2. The molecule has 0 aromatic heterocycles. The van der Waals surface area contributed by atoms with E-state index in [1.807, 2.05) is 11.9 Å². The van der Waals surface area contributed by atoms with Gasteiger partial charge in [-0.05, 0) is 31.0 Å². The van der Waals surface area contributed by atoms with Gasteiger partial charge in [0.25, 0.3) is 0 Å². The Morgan fingerprint density at radius 1 is 1.09 bits per heavy atom. The highest BCUT2D eigenvalue weighted by atomic mass is 19.4. The van der Waals surface area contributed by atoms with Gasteiger partial charge in [-0.2, -0.15) is 13.2 Å². The van der Waals surface area contributed by atoms with Gasteiger partial charge in [0.15, 0.2) is 0 Å². The first-order chi connectivity index (χ1) is 14.9. The van der Waals surface area contributed by atoms with Gasteiger partial charge in [0.2, 0.25) is 5.91 Å². The minimum Gasteiger partial charge on any atom is -0.478 e. The number of benzene rings is 1. The van der Waals surface area contributed by atoms with Crippen molar-refractivity contribution >= 4 is 17.8 Å². The van der Waals surface area contributed by atoms with Crippen LogP contribution in [0, 0.1) is 17.7 Å². The van der Waals surface area contributed by atoms with E-state index in [1.54, 1.807) is 0 Å². The molecule has 1 aliphatic heterocycles. The summed E-state index contributed by atoms with van der Waals surface area (Å²) in [6.45, 7) is 0.440. The van der Waals surface area contributed by atoms with Crippen LogP contribution < -0.4 is 5.73 Å². The summed E-state index contributed by atoms with van der Waals surface area (Å²) in [5.41, 5.74) is 5.88. The van der Waals surface area contributed by atoms with Crippen LogP contribution in [-0.2, 0) is 9.59 Å². The Hall–Kier alpha value is -2.69. The van der Waals surface area contributed by atoms with E-state index >= 15 is 0 Å². The monoisotopic (exact) mass is 462 g/mol. The fourth-order valence-corrected chi connectivity index (χ4v) is 4.96. The van der Waals surface area contributed by atoms with Gasteiger partial charge >= 0.3 is 18.1 Å². The number of likely N-dealkylation sites (tertiary alicyclic amines) is 1. The largest absolute Gasteiger partial charge is 0.490 e. The van der Waals surface area contributed by atoms with Crippen molar-refractivity contribution in [1.29, 1.82) is 0 Å². The molecule has 2 fully saturated rings. The first kappa shape index (κ1) is 25.6. The number of aliphatic carboxylic acids is 1. The Bertz CT molecular complexity index is 855. The maximum absolute atomic E-state index is 14.7. The van der Waals surface area contributed by atoms with Crippen molar-refractivity contribution < 1.29 is 42.2 Å². The van der Waals surface area contributed by atoms with Crippen LogP contribution in [0.5, 0.6) is 0 Å². The Labute approximate surface area is 182 Å². The maximum atomic E-state index is 14.7. The average Bonchev–Trinajstić information content (AvgIpc) is 3.05. The van der Waals surface area contributed by atoms with Gasteiger partial charge in [-0.15, -0.1) is 0 Å². The minimum atomic E-state index is -5.08. The van der Waals surface area contributed by atoms with E-state index in [9.17, 15) is 32.3 Å². The molecule has 1 aromatic rings. The number of carboxylic acids is 2. The summed E-state index contributed by atoms with van der Waals surface area (Å²) in [4.78, 5) is 34.5. The van der Waals surface area contributed by atoms with E-state index < -0.39 is 35.9 Å². The number of nitrogens with two attached hydrogens (primary N) is 1. The van der Waals surface area contributed by atoms with Crippen molar-refractivity contribution in [3.63, 3.8) is 0 Å². The second-order valence-corrected chi connectivity index (χ2v) is 8.18. The number of carbonyl (C=O) groups is 3. The fourth-order valence-electron chi connectivity index (χ4n) is 4.96. The van der Waals surface area contributed by atoms with Crippen LogP contribution in [0.4, 0.5) is 17.6 Å². The lowest BCUT2D eigenvalue weighted by Crippen LogP contribution is -2.44. The smallest absolute Gasteiger partial charge is 0.478 e. The number of carboxylic acid groups (broad SMARTS) is 2. The predicted octanol–water partition coefficient (Wildman–Crippen LogP) is 3.24. The number of nitrogens with zero attached hydrogens (tertiary/aromatic N) is 1. The maximum Gasteiger partial charge on any atom is 0.490 e. The molecule has 3 rings (SSSR count). The van der Waals surface area contributed by atoms with Crippen molar-refractivity contribution in [1.82, 2.24) is 4.90 Å². The standard InChI is InChI=1S/C19H25FN2O3.C2HF3O2/c1-22-10-13(16-12(19(24)25)8-5-9-14(16)20)15(17(22)18(21)23)11-6-3-2-4-7-11;3-2(4,5)1(6)7/h5,8-9,11,13,15,17H,2-4,6-7,10H2,1H3,(H2,21,23)(H,24,25);(H,6,7)/t13?,15-,17-;/m0./s1. The number of hydrogen-bond donors (Lipinski definition) is 3. The molecule has 0 spiro atoms. The molecular weight excluding hydrogens is 436 g/mol. The van der Waals surface area contributed by atoms with Crippen molar-refractivity contribution in [3.8, 4) is 0 Å². The van der Waals surface area contributed by atoms with Gasteiger partial charge in [0, 0.05) is 18.0 Å². The summed E-state index contributed by atoms with van der Waals surface area (Å²) in [5, 5.41) is 16.6. The van der Waals surface area contributed by atoms with Gasteiger partial charge in [-0.3, -0.25) is 9.69 Å². The van der Waals surface area contributed by atoms with Gasteiger partial charge in [-0.1, -0.05) is 38.2 Å². The third-order valence-electron chi connectivity index (χ3n) is 6.17. The van der Waals surface area contributed by atoms with E-state index in [0.29, 0.717) is 6.54 Å². The molecule has 1 heterocycles. The van der Waals surface area contributed by atoms with Crippen molar-refractivity contribution in [2.45, 2.75) is 50.2 Å². The topological polar surface area (TPSA) is 121 Å². The van der Waals surface area contributed by atoms with E-state index in [-0.39, 0.29) is 28.9 Å². The van der Waals surface area contributed by atoms with Crippen molar-refractivity contribution in [2.24, 2.45) is 17.6 Å². The van der Waals surface area contributed by atoms with Gasteiger partial charge < -0.3 is 15.9 Å². The Morgan fingerprint density at radius 3 is 2.12 bits per heavy atom. The molecule has 11 heteroatoms. The molecule has 1 amide bonds. The van der Waals surface area contributed by atoms with Gasteiger partial charge in [0.1, 0.15) is 5.82 Å². The number of aromatic carboxylic acids is 1. The number of halogens is 4. The molecule has 0 radical (unpaired) electrons. The number of amides is 1. The molecule has 32 heavy (non-hydrogen) atoms. The summed E-state index contributed by atoms with van der Waals surface area (Å²) in [7, 11) is 1.81. The highest BCUT2D eigenvalue weighted by molar-refractivity contribution is 5.90. The number of likely N-dealkylation sites (N-methyl/N-ethyl adjacent to an activating group) is 1. The first-order valence-electron chi connectivity index (χ1n) is 10.2. The zero-order valence-corrected chi connectivity index (χ0v) is 17.4. The molecule has 1 aliphatic carbocycles. The number of rotatable bonds is 4. The fraction of sp³-hybridized carbons (Fsp3) is 0.571. The quantitative estimate of drug-likeness (QED) is 0.591. The molecule has 0 bridgehead atoms. The second-order valence-electron chi connectivity index (χ2n) is 8.18. The highest BCUT2D eigenvalue weighted by Crippen LogP contribution is 2.47. The second kappa shape index (κ2) is 10.3. The van der Waals surface area contributed by atoms with Crippen molar-refractivity contribution in [3.05, 3.63) is 35.1 Å². The van der Waals surface area contributed by atoms with Crippen LogP contribution in [0.1, 0.15) is 53.9 Å². The van der Waals surface area contributed by atoms with Crippen LogP contribution in [0.3, 0.4) is 0 Å². The van der Waals surface area contributed by atoms with E-state index in [0.717, 1.165) is 25.7 Å². The molecular formula is C21H26F4N2O5. The summed E-state index contributed by atoms with van der Waals surface area (Å²) < 4.78 is 46.4. The third-order valence-corrected chi connectivity index (χ3v) is 6.17. The van der Waals surface area contributed by atoms with Crippen LogP contribution in [-0.4, -0.2) is 58.8 Å². The normalized spacial score (nSPS) is 24.5. The summed E-state index contributed by atoms with van der Waals surface area (Å²) in [6.07, 6.45) is 0.231. The zero-order chi connectivity index (χ0) is 24.2. The molecule has 4 N–H and O–H groups in total. The van der Waals surface area contributed by atoms with E-state index in [4.69, 9.17) is 15.6 Å². The molecule has 1 saturated heterocycles. The Kier molecular flexibility index (Phi) is 8.22. The van der Waals surface area contributed by atoms with Crippen molar-refractivity contribution in [2.75, 3.05) is 13.6 Å². The number of carbonyl (C=O) groups excluding carboxylic acids is 1. The molecule has 7 nitrogen and oxygen atoms in total. The molecule has 178 valence electrons. The molecule has 1 unspecified atom stereocenters. The average molecular weight is 462 g/mol. The lowest BCUT2D eigenvalue weighted by molar-refractivity contribution is -0.192. The van der Waals surface area contributed by atoms with E-state index in [1.165, 1.54) is 24.6 Å². The van der Waals surface area contributed by atoms with Crippen LogP contribution in [0.15, 0.2) is 18.2 Å². The summed E-state index contributed by atoms with van der Waals surface area (Å²) in [5.74, 6) is -5.02. The molecule has 3 atom stereocenters. The highest BCUT2D eigenvalue weighted by Gasteiger charge is 2.49. The molecule has 2 aliphatic rings. The van der Waals surface area contributed by atoms with Crippen LogP contribution in [0.2, 0.25) is 0 Å². The third kappa shape index (κ3) is 5.76. The van der Waals surface area contributed by atoms with Crippen LogP contribution in [0.25, 0.3) is 0 Å². The Morgan fingerprint density at radius 2 is 1.66 bits per heavy atom.